The Hall–Kier alpha value is -2.43. The summed E-state index contributed by atoms with van der Waals surface area (Å²) in [6.45, 7) is 2.95. The quantitative estimate of drug-likeness (QED) is 0.874. The zero-order chi connectivity index (χ0) is 14.4. The third-order valence-corrected chi connectivity index (χ3v) is 2.95. The van der Waals surface area contributed by atoms with Gasteiger partial charge in [0.25, 0.3) is 0 Å². The third kappa shape index (κ3) is 3.32. The van der Waals surface area contributed by atoms with E-state index in [9.17, 15) is 4.79 Å². The average molecular weight is 271 g/mol. The van der Waals surface area contributed by atoms with Gasteiger partial charge >= 0.3 is 5.97 Å². The zero-order valence-electron chi connectivity index (χ0n) is 11.4. The molecule has 1 aromatic carbocycles. The number of hydrogen-bond donors (Lipinski definition) is 1. The van der Waals surface area contributed by atoms with Gasteiger partial charge in [0.2, 0.25) is 0 Å². The summed E-state index contributed by atoms with van der Waals surface area (Å²) in [6, 6.07) is 13.1. The highest BCUT2D eigenvalue weighted by Crippen LogP contribution is 2.23. The molecule has 2 aromatic rings. The van der Waals surface area contributed by atoms with Crippen LogP contribution in [0, 0.1) is 0 Å². The van der Waals surface area contributed by atoms with Crippen molar-refractivity contribution in [2.45, 2.75) is 19.8 Å². The van der Waals surface area contributed by atoms with Crippen molar-refractivity contribution in [1.82, 2.24) is 10.2 Å². The summed E-state index contributed by atoms with van der Waals surface area (Å²) in [5.41, 5.74) is 0.982. The number of anilines is 2. The van der Waals surface area contributed by atoms with Gasteiger partial charge in [-0.25, -0.2) is 4.79 Å². The van der Waals surface area contributed by atoms with Crippen LogP contribution in [0.1, 0.15) is 30.3 Å². The Morgan fingerprint density at radius 1 is 1.15 bits per heavy atom. The van der Waals surface area contributed by atoms with Crippen LogP contribution < -0.4 is 4.90 Å². The standard InChI is InChI=1S/C15H17N3O2/c1-2-3-11-18(12-7-5-4-6-8-12)14-10-9-13(15(19)20)16-17-14/h4-10H,2-3,11H2,1H3,(H,19,20). The summed E-state index contributed by atoms with van der Waals surface area (Å²) < 4.78 is 0. The molecule has 0 aliphatic rings. The van der Waals surface area contributed by atoms with Crippen molar-refractivity contribution in [3.63, 3.8) is 0 Å². The van der Waals surface area contributed by atoms with Gasteiger partial charge in [-0.05, 0) is 30.7 Å². The van der Waals surface area contributed by atoms with Crippen LogP contribution in [0.3, 0.4) is 0 Å². The first-order valence-corrected chi connectivity index (χ1v) is 6.62. The second-order valence-electron chi connectivity index (χ2n) is 4.42. The number of benzene rings is 1. The van der Waals surface area contributed by atoms with E-state index in [1.165, 1.54) is 6.07 Å². The Morgan fingerprint density at radius 2 is 1.90 bits per heavy atom. The van der Waals surface area contributed by atoms with Gasteiger partial charge in [0.1, 0.15) is 0 Å². The molecule has 5 heteroatoms. The Morgan fingerprint density at radius 3 is 2.45 bits per heavy atom. The number of carbonyl (C=O) groups is 1. The molecule has 0 radical (unpaired) electrons. The molecular weight excluding hydrogens is 254 g/mol. The zero-order valence-corrected chi connectivity index (χ0v) is 11.4. The molecule has 0 fully saturated rings. The lowest BCUT2D eigenvalue weighted by Crippen LogP contribution is -2.20. The van der Waals surface area contributed by atoms with Gasteiger partial charge in [0.15, 0.2) is 11.5 Å². The summed E-state index contributed by atoms with van der Waals surface area (Å²) in [5, 5.41) is 16.6. The maximum absolute atomic E-state index is 10.8. The van der Waals surface area contributed by atoms with Crippen molar-refractivity contribution in [1.29, 1.82) is 0 Å². The molecule has 1 heterocycles. The summed E-state index contributed by atoms with van der Waals surface area (Å²) in [7, 11) is 0. The molecule has 1 aromatic heterocycles. The molecule has 0 spiro atoms. The van der Waals surface area contributed by atoms with Crippen molar-refractivity contribution in [3.05, 3.63) is 48.2 Å². The number of carboxylic acid groups (broad SMARTS) is 1. The Bertz CT molecular complexity index is 555. The van der Waals surface area contributed by atoms with Crippen LogP contribution in [0.4, 0.5) is 11.5 Å². The van der Waals surface area contributed by atoms with Gasteiger partial charge in [0.05, 0.1) is 0 Å². The van der Waals surface area contributed by atoms with Crippen LogP contribution >= 0.6 is 0 Å². The van der Waals surface area contributed by atoms with E-state index in [2.05, 4.69) is 17.1 Å². The largest absolute Gasteiger partial charge is 0.476 e. The van der Waals surface area contributed by atoms with Gasteiger partial charge in [-0.15, -0.1) is 10.2 Å². The summed E-state index contributed by atoms with van der Waals surface area (Å²) in [5.74, 6) is -0.404. The van der Waals surface area contributed by atoms with Crippen molar-refractivity contribution >= 4 is 17.5 Å². The van der Waals surface area contributed by atoms with Crippen LogP contribution in [0.2, 0.25) is 0 Å². The van der Waals surface area contributed by atoms with Crippen LogP contribution in [0.25, 0.3) is 0 Å². The third-order valence-electron chi connectivity index (χ3n) is 2.95. The lowest BCUT2D eigenvalue weighted by molar-refractivity contribution is 0.0689. The minimum absolute atomic E-state index is 0.0442. The first kappa shape index (κ1) is 14.0. The lowest BCUT2D eigenvalue weighted by Gasteiger charge is -2.23. The molecule has 0 saturated heterocycles. The van der Waals surface area contributed by atoms with Gasteiger partial charge in [-0.2, -0.15) is 0 Å². The first-order valence-electron chi connectivity index (χ1n) is 6.62. The van der Waals surface area contributed by atoms with E-state index in [0.717, 1.165) is 25.1 Å². The molecular formula is C15H17N3O2. The number of aromatic nitrogens is 2. The van der Waals surface area contributed by atoms with Gasteiger partial charge < -0.3 is 10.0 Å². The van der Waals surface area contributed by atoms with Crippen LogP contribution in [-0.2, 0) is 0 Å². The van der Waals surface area contributed by atoms with E-state index in [1.54, 1.807) is 6.07 Å². The Balaban J connectivity index is 2.28. The smallest absolute Gasteiger partial charge is 0.356 e. The number of aromatic carboxylic acids is 1. The molecule has 20 heavy (non-hydrogen) atoms. The number of rotatable bonds is 6. The molecule has 0 atom stereocenters. The number of unbranched alkanes of at least 4 members (excludes halogenated alkanes) is 1. The number of carboxylic acids is 1. The second-order valence-corrected chi connectivity index (χ2v) is 4.42. The molecule has 1 N–H and O–H groups in total. The van der Waals surface area contributed by atoms with Gasteiger partial charge in [-0.3, -0.25) is 0 Å². The number of para-hydroxylation sites is 1. The predicted octanol–water partition coefficient (Wildman–Crippen LogP) is 3.11. The monoisotopic (exact) mass is 271 g/mol. The van der Waals surface area contributed by atoms with E-state index < -0.39 is 5.97 Å². The molecule has 0 aliphatic heterocycles. The Kier molecular flexibility index (Phi) is 4.65. The highest BCUT2D eigenvalue weighted by Gasteiger charge is 2.12. The number of nitrogens with zero attached hydrogens (tertiary/aromatic N) is 3. The summed E-state index contributed by atoms with van der Waals surface area (Å²) in [6.07, 6.45) is 2.10. The number of hydrogen-bond acceptors (Lipinski definition) is 4. The molecule has 5 nitrogen and oxygen atoms in total. The van der Waals surface area contributed by atoms with Gasteiger partial charge in [0, 0.05) is 12.2 Å². The minimum Gasteiger partial charge on any atom is -0.476 e. The fourth-order valence-electron chi connectivity index (χ4n) is 1.88. The van der Waals surface area contributed by atoms with Crippen molar-refractivity contribution < 1.29 is 9.90 Å². The van der Waals surface area contributed by atoms with Crippen LogP contribution in [-0.4, -0.2) is 27.8 Å². The van der Waals surface area contributed by atoms with Crippen LogP contribution in [0.15, 0.2) is 42.5 Å². The Labute approximate surface area is 117 Å². The molecule has 0 amide bonds. The molecule has 2 rings (SSSR count). The van der Waals surface area contributed by atoms with E-state index in [4.69, 9.17) is 5.11 Å². The predicted molar refractivity (Wildman–Crippen MR) is 77.3 cm³/mol. The molecule has 0 aliphatic carbocycles. The van der Waals surface area contributed by atoms with Crippen molar-refractivity contribution in [2.75, 3.05) is 11.4 Å². The summed E-state index contributed by atoms with van der Waals surface area (Å²) >= 11 is 0. The fourth-order valence-corrected chi connectivity index (χ4v) is 1.88. The molecule has 104 valence electrons. The first-order chi connectivity index (χ1) is 9.72. The highest BCUT2D eigenvalue weighted by molar-refractivity contribution is 5.85. The van der Waals surface area contributed by atoms with Crippen LogP contribution in [0.5, 0.6) is 0 Å². The topological polar surface area (TPSA) is 66.3 Å². The van der Waals surface area contributed by atoms with Gasteiger partial charge in [-0.1, -0.05) is 31.5 Å². The fraction of sp³-hybridized carbons (Fsp3) is 0.267. The van der Waals surface area contributed by atoms with E-state index >= 15 is 0 Å². The minimum atomic E-state index is -1.07. The molecule has 0 saturated carbocycles. The maximum Gasteiger partial charge on any atom is 0.356 e. The van der Waals surface area contributed by atoms with Crippen molar-refractivity contribution in [2.24, 2.45) is 0 Å². The normalized spacial score (nSPS) is 10.2. The van der Waals surface area contributed by atoms with E-state index in [-0.39, 0.29) is 5.69 Å². The second kappa shape index (κ2) is 6.65. The van der Waals surface area contributed by atoms with E-state index in [1.807, 2.05) is 35.2 Å². The van der Waals surface area contributed by atoms with Crippen molar-refractivity contribution in [3.8, 4) is 0 Å². The highest BCUT2D eigenvalue weighted by atomic mass is 16.4. The summed E-state index contributed by atoms with van der Waals surface area (Å²) in [4.78, 5) is 12.9. The van der Waals surface area contributed by atoms with E-state index in [0.29, 0.717) is 5.82 Å². The maximum atomic E-state index is 10.8. The molecule has 0 bridgehead atoms. The lowest BCUT2D eigenvalue weighted by atomic mass is 10.2. The molecule has 0 unspecified atom stereocenters. The SMILES string of the molecule is CCCCN(c1ccccc1)c1ccc(C(=O)O)nn1. The average Bonchev–Trinajstić information content (AvgIpc) is 2.49.